The van der Waals surface area contributed by atoms with E-state index >= 15 is 0 Å². The van der Waals surface area contributed by atoms with E-state index in [1.807, 2.05) is 0 Å². The second kappa shape index (κ2) is 9.12. The van der Waals surface area contributed by atoms with E-state index in [1.54, 1.807) is 0 Å². The molecule has 5 heteroatoms. The summed E-state index contributed by atoms with van der Waals surface area (Å²) in [7, 11) is 0. The molecular weight excluding hydrogens is 206 g/mol. The van der Waals surface area contributed by atoms with Gasteiger partial charge in [-0.3, -0.25) is 0 Å². The van der Waals surface area contributed by atoms with Crippen LogP contribution in [-0.2, 0) is 4.74 Å². The summed E-state index contributed by atoms with van der Waals surface area (Å²) in [6.45, 7) is 0.855. The van der Waals surface area contributed by atoms with Crippen molar-refractivity contribution >= 4 is 48.8 Å². The molecule has 0 amide bonds. The van der Waals surface area contributed by atoms with Gasteiger partial charge in [0.2, 0.25) is 0 Å². The van der Waals surface area contributed by atoms with Gasteiger partial charge in [0.05, 0.1) is 0 Å². The highest BCUT2D eigenvalue weighted by Gasteiger charge is 2.09. The summed E-state index contributed by atoms with van der Waals surface area (Å²) in [6, 6.07) is 0. The maximum absolute atomic E-state index is 5.49. The third kappa shape index (κ3) is 7.01. The molecule has 0 aromatic carbocycles. The molecule has 0 aromatic rings. The van der Waals surface area contributed by atoms with Crippen LogP contribution in [-0.4, -0.2) is 12.2 Å². The Hall–Kier alpha value is 1.12. The molecular formula is C4H10Cl4O. The molecule has 0 aromatic heterocycles. The van der Waals surface area contributed by atoms with E-state index < -0.39 is 0 Å². The van der Waals surface area contributed by atoms with Gasteiger partial charge >= 0.3 is 0 Å². The Morgan fingerprint density at radius 3 is 1.89 bits per heavy atom. The smallest absolute Gasteiger partial charge is 0.131 e. The van der Waals surface area contributed by atoms with Crippen molar-refractivity contribution < 1.29 is 4.74 Å². The Labute approximate surface area is 78.7 Å². The molecule has 1 saturated heterocycles. The van der Waals surface area contributed by atoms with E-state index in [4.69, 9.17) is 16.3 Å². The van der Waals surface area contributed by atoms with Gasteiger partial charge in [-0.1, -0.05) is 11.6 Å². The maximum atomic E-state index is 5.49. The van der Waals surface area contributed by atoms with Gasteiger partial charge in [0.1, 0.15) is 5.56 Å². The summed E-state index contributed by atoms with van der Waals surface area (Å²) in [5.74, 6) is 0. The predicted octanol–water partition coefficient (Wildman–Crippen LogP) is 2.63. The largest absolute Gasteiger partial charge is 0.362 e. The first kappa shape index (κ1) is 16.6. The number of alkyl halides is 1. The maximum Gasteiger partial charge on any atom is 0.131 e. The highest BCUT2D eigenvalue weighted by molar-refractivity contribution is 6.19. The molecule has 9 heavy (non-hydrogen) atoms. The van der Waals surface area contributed by atoms with Crippen molar-refractivity contribution in [3.63, 3.8) is 0 Å². The average Bonchev–Trinajstić information content (AvgIpc) is 1.86. The first-order chi connectivity index (χ1) is 2.89. The van der Waals surface area contributed by atoms with Crippen LogP contribution in [0.25, 0.3) is 0 Å². The van der Waals surface area contributed by atoms with Crippen molar-refractivity contribution in [3.05, 3.63) is 0 Å². The zero-order valence-electron chi connectivity index (χ0n) is 4.71. The van der Waals surface area contributed by atoms with Crippen LogP contribution in [0.4, 0.5) is 0 Å². The summed E-state index contributed by atoms with van der Waals surface area (Å²) in [5, 5.41) is 0. The SMILES string of the molecule is Cl.Cl.Cl.ClC1CCCO1. The van der Waals surface area contributed by atoms with Gasteiger partial charge in [-0.2, -0.15) is 0 Å². The first-order valence-electron chi connectivity index (χ1n) is 2.15. The van der Waals surface area contributed by atoms with Crippen LogP contribution in [0.15, 0.2) is 0 Å². The van der Waals surface area contributed by atoms with Crippen molar-refractivity contribution in [2.45, 2.75) is 18.4 Å². The van der Waals surface area contributed by atoms with Gasteiger partial charge in [-0.25, -0.2) is 0 Å². The van der Waals surface area contributed by atoms with Gasteiger partial charge in [0.15, 0.2) is 0 Å². The van der Waals surface area contributed by atoms with Crippen LogP contribution in [0.3, 0.4) is 0 Å². The molecule has 0 N–H and O–H groups in total. The molecule has 0 spiro atoms. The normalized spacial score (nSPS) is 23.0. The Bertz CT molecular complexity index is 45.8. The molecule has 1 atom stereocenters. The van der Waals surface area contributed by atoms with Gasteiger partial charge in [0.25, 0.3) is 0 Å². The van der Waals surface area contributed by atoms with E-state index in [9.17, 15) is 0 Å². The van der Waals surface area contributed by atoms with Crippen LogP contribution in [0, 0.1) is 0 Å². The van der Waals surface area contributed by atoms with Crippen molar-refractivity contribution in [2.75, 3.05) is 6.61 Å². The molecule has 1 nitrogen and oxygen atoms in total. The standard InChI is InChI=1S/C4H7ClO.3ClH/c5-4-2-1-3-6-4;;;/h4H,1-3H2;3*1H. The zero-order chi connectivity index (χ0) is 4.41. The number of rotatable bonds is 0. The molecule has 0 radical (unpaired) electrons. The average molecular weight is 216 g/mol. The molecule has 60 valence electrons. The van der Waals surface area contributed by atoms with E-state index in [0.29, 0.717) is 0 Å². The molecule has 0 bridgehead atoms. The van der Waals surface area contributed by atoms with Crippen LogP contribution in [0.5, 0.6) is 0 Å². The summed E-state index contributed by atoms with van der Waals surface area (Å²) >= 11 is 5.49. The zero-order valence-corrected chi connectivity index (χ0v) is 7.92. The number of ether oxygens (including phenoxy) is 1. The molecule has 1 unspecified atom stereocenters. The van der Waals surface area contributed by atoms with Crippen LogP contribution >= 0.6 is 48.8 Å². The van der Waals surface area contributed by atoms with E-state index in [0.717, 1.165) is 19.4 Å². The van der Waals surface area contributed by atoms with Crippen molar-refractivity contribution in [3.8, 4) is 0 Å². The Morgan fingerprint density at radius 2 is 1.78 bits per heavy atom. The van der Waals surface area contributed by atoms with Crippen LogP contribution in [0.2, 0.25) is 0 Å². The minimum Gasteiger partial charge on any atom is -0.362 e. The topological polar surface area (TPSA) is 9.23 Å². The molecule has 1 aliphatic rings. The Balaban J connectivity index is -0.000000120. The van der Waals surface area contributed by atoms with Crippen molar-refractivity contribution in [1.29, 1.82) is 0 Å². The Kier molecular flexibility index (Phi) is 16.8. The van der Waals surface area contributed by atoms with Gasteiger partial charge < -0.3 is 4.74 Å². The minimum absolute atomic E-state index is 0. The summed E-state index contributed by atoms with van der Waals surface area (Å²) in [4.78, 5) is 0. The lowest BCUT2D eigenvalue weighted by atomic mass is 10.4. The second-order valence-corrected chi connectivity index (χ2v) is 1.91. The molecule has 1 heterocycles. The van der Waals surface area contributed by atoms with Gasteiger partial charge in [-0.05, 0) is 12.8 Å². The first-order valence-corrected chi connectivity index (χ1v) is 2.59. The summed E-state index contributed by atoms with van der Waals surface area (Å²) in [5.41, 5.74) is 0.0185. The second-order valence-electron chi connectivity index (χ2n) is 1.42. The van der Waals surface area contributed by atoms with E-state index in [-0.39, 0.29) is 42.8 Å². The predicted molar refractivity (Wildman–Crippen MR) is 46.6 cm³/mol. The number of hydrogen-bond acceptors (Lipinski definition) is 1. The fourth-order valence-electron chi connectivity index (χ4n) is 0.538. The van der Waals surface area contributed by atoms with Crippen LogP contribution < -0.4 is 0 Å². The van der Waals surface area contributed by atoms with Crippen molar-refractivity contribution in [2.24, 2.45) is 0 Å². The molecule has 0 saturated carbocycles. The van der Waals surface area contributed by atoms with Gasteiger partial charge in [0, 0.05) is 6.61 Å². The molecule has 1 fully saturated rings. The lowest BCUT2D eigenvalue weighted by molar-refractivity contribution is 0.168. The van der Waals surface area contributed by atoms with E-state index in [2.05, 4.69) is 0 Å². The highest BCUT2D eigenvalue weighted by atomic mass is 35.5. The summed E-state index contributed by atoms with van der Waals surface area (Å²) < 4.78 is 4.92. The molecule has 1 rings (SSSR count). The monoisotopic (exact) mass is 214 g/mol. The van der Waals surface area contributed by atoms with Crippen molar-refractivity contribution in [1.82, 2.24) is 0 Å². The highest BCUT2D eigenvalue weighted by Crippen LogP contribution is 2.14. The van der Waals surface area contributed by atoms with Gasteiger partial charge in [-0.15, -0.1) is 37.2 Å². The third-order valence-corrected chi connectivity index (χ3v) is 1.22. The van der Waals surface area contributed by atoms with E-state index in [1.165, 1.54) is 0 Å². The third-order valence-electron chi connectivity index (χ3n) is 0.874. The fourth-order valence-corrected chi connectivity index (χ4v) is 0.782. The van der Waals surface area contributed by atoms with Crippen LogP contribution in [0.1, 0.15) is 12.8 Å². The Morgan fingerprint density at radius 1 is 1.22 bits per heavy atom. The lowest BCUT2D eigenvalue weighted by Crippen LogP contribution is -1.89. The lowest BCUT2D eigenvalue weighted by Gasteiger charge is -1.91. The number of halogens is 4. The summed E-state index contributed by atoms with van der Waals surface area (Å²) in [6.07, 6.45) is 2.16. The molecule has 0 aliphatic carbocycles. The minimum atomic E-state index is 0. The number of hydrogen-bond donors (Lipinski definition) is 0. The quantitative estimate of drug-likeness (QED) is 0.565. The fraction of sp³-hybridized carbons (Fsp3) is 1.00. The molecule has 1 aliphatic heterocycles.